The van der Waals surface area contributed by atoms with E-state index in [1.807, 2.05) is 18.2 Å². The molecular formula is C17H21N3. The van der Waals surface area contributed by atoms with Crippen LogP contribution in [-0.4, -0.2) is 11.0 Å². The Kier molecular flexibility index (Phi) is 2.62. The Balaban J connectivity index is 1.75. The second-order valence-corrected chi connectivity index (χ2v) is 6.43. The van der Waals surface area contributed by atoms with Crippen LogP contribution < -0.4 is 11.1 Å². The molecule has 3 heteroatoms. The number of fused-ring (bicyclic) bond motifs is 1. The molecule has 3 N–H and O–H groups in total. The molecule has 2 fully saturated rings. The fraction of sp³-hybridized carbons (Fsp3) is 0.471. The number of nitrogens with one attached hydrogen (secondary N) is 1. The normalized spacial score (nSPS) is 18.7. The lowest BCUT2D eigenvalue weighted by molar-refractivity contribution is 0.568. The first-order valence-corrected chi connectivity index (χ1v) is 7.64. The van der Waals surface area contributed by atoms with Crippen molar-refractivity contribution in [1.82, 2.24) is 4.98 Å². The molecule has 1 aromatic carbocycles. The molecule has 2 aliphatic carbocycles. The van der Waals surface area contributed by atoms with Crippen LogP contribution in [0.2, 0.25) is 0 Å². The first-order valence-electron chi connectivity index (χ1n) is 7.64. The molecule has 1 heterocycles. The summed E-state index contributed by atoms with van der Waals surface area (Å²) in [5, 5.41) is 4.97. The molecule has 0 atom stereocenters. The quantitative estimate of drug-likeness (QED) is 0.830. The summed E-state index contributed by atoms with van der Waals surface area (Å²) in [6.45, 7) is 2.06. The molecule has 0 radical (unpaired) electrons. The second-order valence-electron chi connectivity index (χ2n) is 6.43. The Bertz CT molecular complexity index is 645. The molecule has 2 aliphatic rings. The molecule has 2 saturated carbocycles. The minimum Gasteiger partial charge on any atom is -0.399 e. The molecule has 0 aliphatic heterocycles. The highest BCUT2D eigenvalue weighted by Crippen LogP contribution is 2.46. The van der Waals surface area contributed by atoms with Crippen LogP contribution in [0.4, 0.5) is 11.4 Å². The van der Waals surface area contributed by atoms with Gasteiger partial charge in [-0.05, 0) is 68.7 Å². The Labute approximate surface area is 119 Å². The van der Waals surface area contributed by atoms with Gasteiger partial charge in [0.1, 0.15) is 0 Å². The minimum atomic E-state index is 0.654. The Morgan fingerprint density at radius 2 is 1.85 bits per heavy atom. The number of nitrogen functional groups attached to an aromatic ring is 1. The van der Waals surface area contributed by atoms with Gasteiger partial charge in [-0.25, -0.2) is 0 Å². The molecule has 0 unspecified atom stereocenters. The smallest absolute Gasteiger partial charge is 0.0727 e. The second kappa shape index (κ2) is 4.37. The standard InChI is InChI=1S/C17H21N3/c1-10-8-16(14-9-13(18)6-7-15(14)19-10)20-17(11-2-3-11)12-4-5-12/h6-9,11-12,17H,2-5,18H2,1H3,(H,19,20). The maximum absolute atomic E-state index is 5.95. The number of hydrogen-bond acceptors (Lipinski definition) is 3. The van der Waals surface area contributed by atoms with Crippen LogP contribution in [0.25, 0.3) is 10.9 Å². The lowest BCUT2D eigenvalue weighted by Crippen LogP contribution is -2.24. The lowest BCUT2D eigenvalue weighted by atomic mass is 10.1. The average Bonchev–Trinajstić information content (AvgIpc) is 3.27. The van der Waals surface area contributed by atoms with Crippen LogP contribution in [0, 0.1) is 18.8 Å². The molecular weight excluding hydrogens is 246 g/mol. The fourth-order valence-electron chi connectivity index (χ4n) is 3.21. The Morgan fingerprint density at radius 3 is 2.50 bits per heavy atom. The van der Waals surface area contributed by atoms with Crippen LogP contribution >= 0.6 is 0 Å². The molecule has 0 saturated heterocycles. The summed E-state index contributed by atoms with van der Waals surface area (Å²) in [6.07, 6.45) is 5.55. The predicted molar refractivity (Wildman–Crippen MR) is 83.8 cm³/mol. The third-order valence-corrected chi connectivity index (χ3v) is 4.54. The van der Waals surface area contributed by atoms with Crippen LogP contribution in [0.5, 0.6) is 0 Å². The molecule has 20 heavy (non-hydrogen) atoms. The van der Waals surface area contributed by atoms with Crippen molar-refractivity contribution in [3.63, 3.8) is 0 Å². The van der Waals surface area contributed by atoms with E-state index in [9.17, 15) is 0 Å². The van der Waals surface area contributed by atoms with Gasteiger partial charge in [-0.3, -0.25) is 4.98 Å². The van der Waals surface area contributed by atoms with Gasteiger partial charge in [0.15, 0.2) is 0 Å². The number of anilines is 2. The zero-order valence-corrected chi connectivity index (χ0v) is 11.9. The third-order valence-electron chi connectivity index (χ3n) is 4.54. The maximum atomic E-state index is 5.95. The molecule has 0 bridgehead atoms. The molecule has 0 amide bonds. The van der Waals surface area contributed by atoms with Gasteiger partial charge in [-0.2, -0.15) is 0 Å². The molecule has 1 aromatic heterocycles. The molecule has 2 aromatic rings. The van der Waals surface area contributed by atoms with E-state index in [0.717, 1.165) is 34.1 Å². The summed E-state index contributed by atoms with van der Waals surface area (Å²) >= 11 is 0. The van der Waals surface area contributed by atoms with Crippen molar-refractivity contribution in [3.05, 3.63) is 30.0 Å². The van der Waals surface area contributed by atoms with Crippen molar-refractivity contribution >= 4 is 22.3 Å². The van der Waals surface area contributed by atoms with E-state index in [1.54, 1.807) is 0 Å². The highest BCUT2D eigenvalue weighted by Gasteiger charge is 2.41. The molecule has 4 rings (SSSR count). The van der Waals surface area contributed by atoms with Gasteiger partial charge in [0.25, 0.3) is 0 Å². The number of pyridine rings is 1. The van der Waals surface area contributed by atoms with E-state index in [-0.39, 0.29) is 0 Å². The Morgan fingerprint density at radius 1 is 1.15 bits per heavy atom. The van der Waals surface area contributed by atoms with E-state index in [2.05, 4.69) is 23.3 Å². The summed E-state index contributed by atoms with van der Waals surface area (Å²) in [7, 11) is 0. The van der Waals surface area contributed by atoms with Gasteiger partial charge < -0.3 is 11.1 Å². The van der Waals surface area contributed by atoms with Crippen LogP contribution in [0.3, 0.4) is 0 Å². The number of aryl methyl sites for hydroxylation is 1. The molecule has 0 spiro atoms. The van der Waals surface area contributed by atoms with E-state index < -0.39 is 0 Å². The van der Waals surface area contributed by atoms with Crippen molar-refractivity contribution in [2.75, 3.05) is 11.1 Å². The highest BCUT2D eigenvalue weighted by atomic mass is 15.0. The van der Waals surface area contributed by atoms with E-state index >= 15 is 0 Å². The average molecular weight is 267 g/mol. The van der Waals surface area contributed by atoms with Gasteiger partial charge in [-0.1, -0.05) is 0 Å². The summed E-state index contributed by atoms with van der Waals surface area (Å²) < 4.78 is 0. The first kappa shape index (κ1) is 12.0. The SMILES string of the molecule is Cc1cc(NC(C2CC2)C2CC2)c2cc(N)ccc2n1. The largest absolute Gasteiger partial charge is 0.399 e. The number of benzene rings is 1. The van der Waals surface area contributed by atoms with Crippen molar-refractivity contribution in [3.8, 4) is 0 Å². The van der Waals surface area contributed by atoms with Crippen molar-refractivity contribution in [2.24, 2.45) is 11.8 Å². The van der Waals surface area contributed by atoms with Gasteiger partial charge in [0, 0.05) is 28.5 Å². The topological polar surface area (TPSA) is 50.9 Å². The lowest BCUT2D eigenvalue weighted by Gasteiger charge is -2.21. The summed E-state index contributed by atoms with van der Waals surface area (Å²) in [4.78, 5) is 4.61. The summed E-state index contributed by atoms with van der Waals surface area (Å²) in [6, 6.07) is 8.81. The zero-order chi connectivity index (χ0) is 13.7. The van der Waals surface area contributed by atoms with Crippen LogP contribution in [0.15, 0.2) is 24.3 Å². The van der Waals surface area contributed by atoms with Gasteiger partial charge in [-0.15, -0.1) is 0 Å². The van der Waals surface area contributed by atoms with Crippen LogP contribution in [0.1, 0.15) is 31.4 Å². The van der Waals surface area contributed by atoms with E-state index in [0.29, 0.717) is 6.04 Å². The first-order chi connectivity index (χ1) is 9.70. The van der Waals surface area contributed by atoms with E-state index in [4.69, 9.17) is 5.73 Å². The number of aromatic nitrogens is 1. The molecule has 104 valence electrons. The molecule has 3 nitrogen and oxygen atoms in total. The van der Waals surface area contributed by atoms with Crippen molar-refractivity contribution < 1.29 is 0 Å². The monoisotopic (exact) mass is 267 g/mol. The predicted octanol–water partition coefficient (Wildman–Crippen LogP) is 3.73. The minimum absolute atomic E-state index is 0.654. The van der Waals surface area contributed by atoms with Crippen molar-refractivity contribution in [2.45, 2.75) is 38.6 Å². The number of rotatable bonds is 4. The third kappa shape index (κ3) is 2.21. The van der Waals surface area contributed by atoms with Crippen molar-refractivity contribution in [1.29, 1.82) is 0 Å². The zero-order valence-electron chi connectivity index (χ0n) is 11.9. The van der Waals surface area contributed by atoms with Crippen LogP contribution in [-0.2, 0) is 0 Å². The fourth-order valence-corrected chi connectivity index (χ4v) is 3.21. The number of nitrogens with zero attached hydrogens (tertiary/aromatic N) is 1. The highest BCUT2D eigenvalue weighted by molar-refractivity contribution is 5.93. The van der Waals surface area contributed by atoms with Gasteiger partial charge in [0.2, 0.25) is 0 Å². The maximum Gasteiger partial charge on any atom is 0.0727 e. The van der Waals surface area contributed by atoms with Gasteiger partial charge in [0.05, 0.1) is 5.52 Å². The Hall–Kier alpha value is -1.77. The van der Waals surface area contributed by atoms with E-state index in [1.165, 1.54) is 31.4 Å². The van der Waals surface area contributed by atoms with Gasteiger partial charge >= 0.3 is 0 Å². The number of hydrogen-bond donors (Lipinski definition) is 2. The summed E-state index contributed by atoms with van der Waals surface area (Å²) in [5.74, 6) is 1.76. The summed E-state index contributed by atoms with van der Waals surface area (Å²) in [5.41, 5.74) is 10.1. The number of nitrogens with two attached hydrogens (primary N) is 1.